The number of rotatable bonds is 7. The predicted octanol–water partition coefficient (Wildman–Crippen LogP) is 5.73. The SMILES string of the molecule is CC(CSSCC(C)c1nc2ccccc2[nH]1)c1nc2ccccc2[nH]1. The number of nitrogens with one attached hydrogen (secondary N) is 2. The molecule has 2 aromatic heterocycles. The minimum atomic E-state index is 0.404. The van der Waals surface area contributed by atoms with Gasteiger partial charge in [0.1, 0.15) is 11.6 Å². The van der Waals surface area contributed by atoms with Gasteiger partial charge < -0.3 is 9.97 Å². The van der Waals surface area contributed by atoms with E-state index in [2.05, 4.69) is 48.1 Å². The zero-order chi connectivity index (χ0) is 17.9. The van der Waals surface area contributed by atoms with Crippen LogP contribution in [-0.2, 0) is 0 Å². The molecule has 4 aromatic rings. The van der Waals surface area contributed by atoms with Gasteiger partial charge in [-0.1, -0.05) is 59.7 Å². The average Bonchev–Trinajstić information content (AvgIpc) is 3.28. The highest BCUT2D eigenvalue weighted by molar-refractivity contribution is 8.76. The molecule has 4 nitrogen and oxygen atoms in total. The Morgan fingerprint density at radius 1 is 0.731 bits per heavy atom. The Kier molecular flexibility index (Phi) is 5.22. The van der Waals surface area contributed by atoms with E-state index in [1.807, 2.05) is 45.9 Å². The van der Waals surface area contributed by atoms with Crippen LogP contribution in [0.2, 0.25) is 0 Å². The first-order chi connectivity index (χ1) is 12.7. The molecule has 2 heterocycles. The molecule has 0 radical (unpaired) electrons. The Hall–Kier alpha value is -1.92. The zero-order valence-electron chi connectivity index (χ0n) is 14.9. The second kappa shape index (κ2) is 7.76. The van der Waals surface area contributed by atoms with Crippen LogP contribution in [0.25, 0.3) is 22.1 Å². The van der Waals surface area contributed by atoms with E-state index in [-0.39, 0.29) is 0 Å². The van der Waals surface area contributed by atoms with E-state index in [0.717, 1.165) is 45.2 Å². The Balaban J connectivity index is 1.28. The minimum absolute atomic E-state index is 0.404. The standard InChI is InChI=1S/C20H22N4S2/c1-13(19-21-15-7-3-4-8-16(15)22-19)11-25-26-12-14(2)20-23-17-9-5-6-10-18(17)24-20/h3-10,13-14H,11-12H2,1-2H3,(H,21,22)(H,23,24). The smallest absolute Gasteiger partial charge is 0.110 e. The number of hydrogen-bond donors (Lipinski definition) is 2. The molecule has 0 amide bonds. The number of aromatic nitrogens is 4. The van der Waals surface area contributed by atoms with Gasteiger partial charge in [0.05, 0.1) is 22.1 Å². The number of para-hydroxylation sites is 4. The lowest BCUT2D eigenvalue weighted by atomic mass is 10.2. The molecule has 0 saturated heterocycles. The van der Waals surface area contributed by atoms with E-state index in [1.165, 1.54) is 0 Å². The molecule has 0 saturated carbocycles. The monoisotopic (exact) mass is 382 g/mol. The van der Waals surface area contributed by atoms with Crippen LogP contribution in [0.15, 0.2) is 48.5 Å². The highest BCUT2D eigenvalue weighted by Crippen LogP contribution is 2.32. The van der Waals surface area contributed by atoms with Gasteiger partial charge in [0, 0.05) is 23.3 Å². The van der Waals surface area contributed by atoms with Gasteiger partial charge in [-0.25, -0.2) is 9.97 Å². The van der Waals surface area contributed by atoms with Crippen LogP contribution in [0.4, 0.5) is 0 Å². The molecule has 6 heteroatoms. The predicted molar refractivity (Wildman–Crippen MR) is 114 cm³/mol. The van der Waals surface area contributed by atoms with Crippen LogP contribution < -0.4 is 0 Å². The lowest BCUT2D eigenvalue weighted by Crippen LogP contribution is -2.00. The number of benzene rings is 2. The van der Waals surface area contributed by atoms with Gasteiger partial charge in [0.2, 0.25) is 0 Å². The van der Waals surface area contributed by atoms with E-state index < -0.39 is 0 Å². The number of nitrogens with zero attached hydrogens (tertiary/aromatic N) is 2. The first kappa shape index (κ1) is 17.5. The Morgan fingerprint density at radius 3 is 1.58 bits per heavy atom. The van der Waals surface area contributed by atoms with Crippen LogP contribution in [0, 0.1) is 0 Å². The van der Waals surface area contributed by atoms with Crippen LogP contribution in [0.5, 0.6) is 0 Å². The van der Waals surface area contributed by atoms with Gasteiger partial charge in [0.25, 0.3) is 0 Å². The summed E-state index contributed by atoms with van der Waals surface area (Å²) in [6.07, 6.45) is 0. The Labute approximate surface area is 161 Å². The molecule has 0 aliphatic carbocycles. The number of hydrogen-bond acceptors (Lipinski definition) is 4. The summed E-state index contributed by atoms with van der Waals surface area (Å²) in [4.78, 5) is 16.3. The van der Waals surface area contributed by atoms with Crippen molar-refractivity contribution in [2.24, 2.45) is 0 Å². The normalized spacial score (nSPS) is 14.1. The van der Waals surface area contributed by atoms with Crippen LogP contribution >= 0.6 is 21.6 Å². The highest BCUT2D eigenvalue weighted by Gasteiger charge is 2.14. The molecule has 0 fully saturated rings. The minimum Gasteiger partial charge on any atom is -0.342 e. The van der Waals surface area contributed by atoms with Crippen molar-refractivity contribution in [3.63, 3.8) is 0 Å². The summed E-state index contributed by atoms with van der Waals surface area (Å²) in [7, 11) is 3.82. The topological polar surface area (TPSA) is 57.4 Å². The Morgan fingerprint density at radius 2 is 1.15 bits per heavy atom. The largest absolute Gasteiger partial charge is 0.342 e. The van der Waals surface area contributed by atoms with Gasteiger partial charge in [-0.15, -0.1) is 0 Å². The van der Waals surface area contributed by atoms with Gasteiger partial charge >= 0.3 is 0 Å². The Bertz CT molecular complexity index is 859. The van der Waals surface area contributed by atoms with E-state index >= 15 is 0 Å². The molecule has 134 valence electrons. The van der Waals surface area contributed by atoms with E-state index in [1.54, 1.807) is 0 Å². The van der Waals surface area contributed by atoms with Crippen molar-refractivity contribution >= 4 is 43.7 Å². The number of aromatic amines is 2. The molecule has 0 spiro atoms. The first-order valence-corrected chi connectivity index (χ1v) is 11.3. The van der Waals surface area contributed by atoms with Crippen molar-refractivity contribution in [3.05, 3.63) is 60.2 Å². The van der Waals surface area contributed by atoms with Crippen LogP contribution in [0.3, 0.4) is 0 Å². The third-order valence-electron chi connectivity index (χ3n) is 4.47. The van der Waals surface area contributed by atoms with Crippen molar-refractivity contribution in [1.29, 1.82) is 0 Å². The lowest BCUT2D eigenvalue weighted by Gasteiger charge is -2.10. The maximum Gasteiger partial charge on any atom is 0.110 e. The molecule has 0 bridgehead atoms. The van der Waals surface area contributed by atoms with Crippen LogP contribution in [-0.4, -0.2) is 31.4 Å². The van der Waals surface area contributed by atoms with Crippen molar-refractivity contribution < 1.29 is 0 Å². The molecule has 2 unspecified atom stereocenters. The third kappa shape index (κ3) is 3.76. The summed E-state index contributed by atoms with van der Waals surface area (Å²) in [6, 6.07) is 16.4. The quantitative estimate of drug-likeness (QED) is 0.317. The molecule has 26 heavy (non-hydrogen) atoms. The van der Waals surface area contributed by atoms with Crippen molar-refractivity contribution in [3.8, 4) is 0 Å². The van der Waals surface area contributed by atoms with Crippen LogP contribution in [0.1, 0.15) is 37.3 Å². The van der Waals surface area contributed by atoms with Crippen molar-refractivity contribution in [2.75, 3.05) is 11.5 Å². The van der Waals surface area contributed by atoms with E-state index in [0.29, 0.717) is 11.8 Å². The molecule has 0 aliphatic heterocycles. The molecule has 2 N–H and O–H groups in total. The van der Waals surface area contributed by atoms with E-state index in [9.17, 15) is 0 Å². The molecule has 2 aromatic carbocycles. The highest BCUT2D eigenvalue weighted by atomic mass is 33.1. The van der Waals surface area contributed by atoms with Gasteiger partial charge in [-0.05, 0) is 24.3 Å². The second-order valence-electron chi connectivity index (χ2n) is 6.65. The zero-order valence-corrected chi connectivity index (χ0v) is 16.5. The number of H-pyrrole nitrogens is 2. The maximum atomic E-state index is 4.71. The molecule has 0 aliphatic rings. The molecular formula is C20H22N4S2. The lowest BCUT2D eigenvalue weighted by molar-refractivity contribution is 0.810. The third-order valence-corrected chi connectivity index (χ3v) is 7.22. The number of imidazole rings is 2. The first-order valence-electron chi connectivity index (χ1n) is 8.84. The van der Waals surface area contributed by atoms with Gasteiger partial charge in [-0.2, -0.15) is 0 Å². The summed E-state index contributed by atoms with van der Waals surface area (Å²) in [6.45, 7) is 4.46. The summed E-state index contributed by atoms with van der Waals surface area (Å²) in [5, 5.41) is 0. The fourth-order valence-electron chi connectivity index (χ4n) is 2.87. The average molecular weight is 383 g/mol. The van der Waals surface area contributed by atoms with Crippen molar-refractivity contribution in [1.82, 2.24) is 19.9 Å². The van der Waals surface area contributed by atoms with Gasteiger partial charge in [-0.3, -0.25) is 0 Å². The summed E-state index contributed by atoms with van der Waals surface area (Å²) >= 11 is 0. The molecular weight excluding hydrogens is 360 g/mol. The van der Waals surface area contributed by atoms with Crippen molar-refractivity contribution in [2.45, 2.75) is 25.7 Å². The van der Waals surface area contributed by atoms with Gasteiger partial charge in [0.15, 0.2) is 0 Å². The number of fused-ring (bicyclic) bond motifs is 2. The maximum absolute atomic E-state index is 4.71. The fraction of sp³-hybridized carbons (Fsp3) is 0.300. The summed E-state index contributed by atoms with van der Waals surface area (Å²) in [5.74, 6) is 5.03. The molecule has 4 rings (SSSR count). The molecule has 2 atom stereocenters. The summed E-state index contributed by atoms with van der Waals surface area (Å²) < 4.78 is 0. The van der Waals surface area contributed by atoms with E-state index in [4.69, 9.17) is 9.97 Å². The second-order valence-corrected chi connectivity index (χ2v) is 9.20. The fourth-order valence-corrected chi connectivity index (χ4v) is 5.59. The summed E-state index contributed by atoms with van der Waals surface area (Å²) in [5.41, 5.74) is 4.33.